The standard InChI is InChI=1S/C26H26BrClN4O2S/c1-16(2)25(34)32-13-11-31(12-14-32)23-10-9-17(15-22(23)28)29-26(35)30-24(33)20-7-3-6-19-18(20)5-4-8-21(19)27/h3-10,15-16H,11-14H2,1-2H3,(H2,29,30,33,35). The van der Waals surface area contributed by atoms with Crippen LogP contribution in [0.15, 0.2) is 59.1 Å². The first kappa shape index (κ1) is 25.4. The van der Waals surface area contributed by atoms with Crippen LogP contribution in [0.2, 0.25) is 5.02 Å². The van der Waals surface area contributed by atoms with Crippen LogP contribution in [-0.2, 0) is 4.79 Å². The molecule has 0 atom stereocenters. The molecular weight excluding hydrogens is 548 g/mol. The molecule has 0 unspecified atom stereocenters. The number of carbonyl (C=O) groups is 2. The van der Waals surface area contributed by atoms with Gasteiger partial charge in [-0.3, -0.25) is 14.9 Å². The Kier molecular flexibility index (Phi) is 7.94. The lowest BCUT2D eigenvalue weighted by molar-refractivity contribution is -0.134. The van der Waals surface area contributed by atoms with Crippen LogP contribution in [0.25, 0.3) is 10.8 Å². The van der Waals surface area contributed by atoms with Gasteiger partial charge in [0.1, 0.15) is 0 Å². The van der Waals surface area contributed by atoms with Crippen molar-refractivity contribution in [1.82, 2.24) is 10.2 Å². The van der Waals surface area contributed by atoms with E-state index in [0.717, 1.165) is 34.0 Å². The molecule has 0 radical (unpaired) electrons. The molecule has 182 valence electrons. The molecule has 1 aliphatic heterocycles. The van der Waals surface area contributed by atoms with E-state index in [4.69, 9.17) is 23.8 Å². The summed E-state index contributed by atoms with van der Waals surface area (Å²) in [6.45, 7) is 6.64. The summed E-state index contributed by atoms with van der Waals surface area (Å²) in [5, 5.41) is 8.35. The number of benzene rings is 3. The normalized spacial score (nSPS) is 13.7. The average Bonchev–Trinajstić information content (AvgIpc) is 2.83. The van der Waals surface area contributed by atoms with Crippen molar-refractivity contribution >= 4 is 78.8 Å². The topological polar surface area (TPSA) is 64.7 Å². The Bertz CT molecular complexity index is 1290. The number of nitrogens with one attached hydrogen (secondary N) is 2. The van der Waals surface area contributed by atoms with Gasteiger partial charge in [-0.25, -0.2) is 0 Å². The van der Waals surface area contributed by atoms with Crippen molar-refractivity contribution in [3.05, 3.63) is 69.7 Å². The number of hydrogen-bond donors (Lipinski definition) is 2. The zero-order valence-corrected chi connectivity index (χ0v) is 22.6. The van der Waals surface area contributed by atoms with E-state index in [-0.39, 0.29) is 22.8 Å². The lowest BCUT2D eigenvalue weighted by Crippen LogP contribution is -2.50. The Morgan fingerprint density at radius 3 is 2.37 bits per heavy atom. The number of anilines is 2. The molecule has 0 aliphatic carbocycles. The Balaban J connectivity index is 1.39. The molecule has 0 saturated carbocycles. The molecule has 0 bridgehead atoms. The van der Waals surface area contributed by atoms with Crippen LogP contribution in [0.4, 0.5) is 11.4 Å². The van der Waals surface area contributed by atoms with Gasteiger partial charge in [0.15, 0.2) is 5.11 Å². The monoisotopic (exact) mass is 572 g/mol. The van der Waals surface area contributed by atoms with Crippen LogP contribution in [0, 0.1) is 5.92 Å². The minimum Gasteiger partial charge on any atom is -0.367 e. The average molecular weight is 574 g/mol. The van der Waals surface area contributed by atoms with Crippen molar-refractivity contribution in [1.29, 1.82) is 0 Å². The van der Waals surface area contributed by atoms with E-state index in [9.17, 15) is 9.59 Å². The molecule has 1 fully saturated rings. The summed E-state index contributed by atoms with van der Waals surface area (Å²) in [6.07, 6.45) is 0. The fourth-order valence-electron chi connectivity index (χ4n) is 4.18. The molecule has 0 spiro atoms. The highest BCUT2D eigenvalue weighted by atomic mass is 79.9. The fourth-order valence-corrected chi connectivity index (χ4v) is 5.19. The van der Waals surface area contributed by atoms with Gasteiger partial charge in [0.05, 0.1) is 10.7 Å². The van der Waals surface area contributed by atoms with Crippen LogP contribution >= 0.6 is 39.7 Å². The highest BCUT2D eigenvalue weighted by Crippen LogP contribution is 2.30. The van der Waals surface area contributed by atoms with E-state index >= 15 is 0 Å². The molecule has 4 rings (SSSR count). The minimum absolute atomic E-state index is 0.00214. The number of thiocarbonyl (C=S) groups is 1. The lowest BCUT2D eigenvalue weighted by Gasteiger charge is -2.37. The Morgan fingerprint density at radius 1 is 1.00 bits per heavy atom. The van der Waals surface area contributed by atoms with Crippen molar-refractivity contribution in [3.8, 4) is 0 Å². The van der Waals surface area contributed by atoms with Gasteiger partial charge in [0.25, 0.3) is 5.91 Å². The molecule has 2 amide bonds. The predicted molar refractivity (Wildman–Crippen MR) is 150 cm³/mol. The molecule has 0 aromatic heterocycles. The van der Waals surface area contributed by atoms with Gasteiger partial charge in [-0.15, -0.1) is 0 Å². The van der Waals surface area contributed by atoms with E-state index in [1.807, 2.05) is 61.2 Å². The summed E-state index contributed by atoms with van der Waals surface area (Å²) in [7, 11) is 0. The van der Waals surface area contributed by atoms with Crippen LogP contribution in [-0.4, -0.2) is 48.0 Å². The molecule has 1 aliphatic rings. The fraction of sp³-hybridized carbons (Fsp3) is 0.269. The van der Waals surface area contributed by atoms with E-state index in [0.29, 0.717) is 29.4 Å². The second-order valence-corrected chi connectivity index (χ2v) is 10.4. The number of halogens is 2. The van der Waals surface area contributed by atoms with Gasteiger partial charge < -0.3 is 15.1 Å². The van der Waals surface area contributed by atoms with E-state index in [2.05, 4.69) is 31.5 Å². The van der Waals surface area contributed by atoms with E-state index < -0.39 is 0 Å². The summed E-state index contributed by atoms with van der Waals surface area (Å²) in [5.41, 5.74) is 2.12. The maximum Gasteiger partial charge on any atom is 0.258 e. The zero-order valence-electron chi connectivity index (χ0n) is 19.5. The highest BCUT2D eigenvalue weighted by molar-refractivity contribution is 9.10. The van der Waals surface area contributed by atoms with Gasteiger partial charge in [-0.1, -0.05) is 65.6 Å². The van der Waals surface area contributed by atoms with Crippen LogP contribution in [0.1, 0.15) is 24.2 Å². The third kappa shape index (κ3) is 5.77. The summed E-state index contributed by atoms with van der Waals surface area (Å²) in [4.78, 5) is 29.2. The molecule has 1 saturated heterocycles. The summed E-state index contributed by atoms with van der Waals surface area (Å²) in [5.74, 6) is -0.105. The maximum absolute atomic E-state index is 12.9. The predicted octanol–water partition coefficient (Wildman–Crippen LogP) is 5.69. The molecule has 3 aromatic rings. The Hall–Kier alpha value is -2.68. The largest absolute Gasteiger partial charge is 0.367 e. The number of carbonyl (C=O) groups excluding carboxylic acids is 2. The molecular formula is C26H26BrClN4O2S. The van der Waals surface area contributed by atoms with Crippen LogP contribution in [0.5, 0.6) is 0 Å². The SMILES string of the molecule is CC(C)C(=O)N1CCN(c2ccc(NC(=S)NC(=O)c3cccc4c(Br)cccc34)cc2Cl)CC1. The highest BCUT2D eigenvalue weighted by Gasteiger charge is 2.24. The van der Waals surface area contributed by atoms with Crippen LogP contribution < -0.4 is 15.5 Å². The third-order valence-electron chi connectivity index (χ3n) is 5.97. The number of nitrogens with zero attached hydrogens (tertiary/aromatic N) is 2. The molecule has 3 aromatic carbocycles. The number of amides is 2. The zero-order chi connectivity index (χ0) is 25.1. The van der Waals surface area contributed by atoms with Crippen molar-refractivity contribution in [2.75, 3.05) is 36.4 Å². The van der Waals surface area contributed by atoms with Crippen molar-refractivity contribution < 1.29 is 9.59 Å². The van der Waals surface area contributed by atoms with Gasteiger partial charge in [0.2, 0.25) is 5.91 Å². The first-order valence-electron chi connectivity index (χ1n) is 11.4. The van der Waals surface area contributed by atoms with Crippen LogP contribution in [0.3, 0.4) is 0 Å². The molecule has 6 nitrogen and oxygen atoms in total. The number of rotatable bonds is 4. The first-order chi connectivity index (χ1) is 16.7. The van der Waals surface area contributed by atoms with Crippen molar-refractivity contribution in [3.63, 3.8) is 0 Å². The lowest BCUT2D eigenvalue weighted by atomic mass is 10.0. The second kappa shape index (κ2) is 10.9. The Morgan fingerprint density at radius 2 is 1.69 bits per heavy atom. The molecule has 9 heteroatoms. The summed E-state index contributed by atoms with van der Waals surface area (Å²) < 4.78 is 0.924. The second-order valence-electron chi connectivity index (χ2n) is 8.68. The third-order valence-corrected chi connectivity index (χ3v) is 7.17. The first-order valence-corrected chi connectivity index (χ1v) is 13.0. The minimum atomic E-state index is -0.289. The summed E-state index contributed by atoms with van der Waals surface area (Å²) in [6, 6.07) is 16.9. The molecule has 1 heterocycles. The Labute approximate surface area is 223 Å². The number of piperazine rings is 1. The smallest absolute Gasteiger partial charge is 0.258 e. The maximum atomic E-state index is 12.9. The van der Waals surface area contributed by atoms with Gasteiger partial charge in [-0.2, -0.15) is 0 Å². The van der Waals surface area contributed by atoms with Gasteiger partial charge in [-0.05, 0) is 53.3 Å². The summed E-state index contributed by atoms with van der Waals surface area (Å²) >= 11 is 15.5. The molecule has 2 N–H and O–H groups in total. The van der Waals surface area contributed by atoms with Gasteiger partial charge in [0, 0.05) is 47.8 Å². The van der Waals surface area contributed by atoms with Crippen molar-refractivity contribution in [2.24, 2.45) is 5.92 Å². The molecule has 35 heavy (non-hydrogen) atoms. The van der Waals surface area contributed by atoms with Crippen molar-refractivity contribution in [2.45, 2.75) is 13.8 Å². The quantitative estimate of drug-likeness (QED) is 0.393. The van der Waals surface area contributed by atoms with E-state index in [1.165, 1.54) is 0 Å². The van der Waals surface area contributed by atoms with E-state index in [1.54, 1.807) is 12.1 Å². The number of hydrogen-bond acceptors (Lipinski definition) is 4. The number of fused-ring (bicyclic) bond motifs is 1. The van der Waals surface area contributed by atoms with Gasteiger partial charge >= 0.3 is 0 Å².